The second kappa shape index (κ2) is 9.38. The molecule has 2 aromatic rings. The number of morpholine rings is 1. The molecule has 2 fully saturated rings. The van der Waals surface area contributed by atoms with Crippen LogP contribution in [0, 0.1) is 0 Å². The summed E-state index contributed by atoms with van der Waals surface area (Å²) < 4.78 is 11.5. The van der Waals surface area contributed by atoms with E-state index in [1.54, 1.807) is 0 Å². The minimum Gasteiger partial charge on any atom is -0.491 e. The van der Waals surface area contributed by atoms with Crippen LogP contribution in [-0.4, -0.2) is 83.0 Å². The molecule has 0 spiro atoms. The van der Waals surface area contributed by atoms with Gasteiger partial charge >= 0.3 is 0 Å². The number of hydrogen-bond acceptors (Lipinski definition) is 6. The van der Waals surface area contributed by atoms with Crippen LogP contribution in [0.25, 0.3) is 0 Å². The summed E-state index contributed by atoms with van der Waals surface area (Å²) in [5.41, 5.74) is 4.26. The number of carbonyl (C=O) groups is 1. The zero-order valence-electron chi connectivity index (χ0n) is 18.8. The maximum atomic E-state index is 12.9. The van der Waals surface area contributed by atoms with Gasteiger partial charge in [0.25, 0.3) is 5.91 Å². The lowest BCUT2D eigenvalue weighted by molar-refractivity contribution is 0.0915. The van der Waals surface area contributed by atoms with Crippen LogP contribution < -0.4 is 19.9 Å². The molecule has 0 aromatic heterocycles. The van der Waals surface area contributed by atoms with Gasteiger partial charge in [-0.2, -0.15) is 0 Å². The summed E-state index contributed by atoms with van der Waals surface area (Å²) in [5, 5.41) is 3.19. The molecule has 170 valence electrons. The van der Waals surface area contributed by atoms with Gasteiger partial charge in [0.1, 0.15) is 12.4 Å². The number of anilines is 2. The fraction of sp³-hybridized carbons (Fsp3) is 0.480. The fourth-order valence-corrected chi connectivity index (χ4v) is 4.74. The number of likely N-dealkylation sites (N-methyl/N-ethyl adjacent to an activating group) is 1. The Morgan fingerprint density at radius 3 is 2.44 bits per heavy atom. The lowest BCUT2D eigenvalue weighted by Crippen LogP contribution is -2.46. The van der Waals surface area contributed by atoms with E-state index in [4.69, 9.17) is 9.47 Å². The van der Waals surface area contributed by atoms with Gasteiger partial charge in [0, 0.05) is 68.2 Å². The summed E-state index contributed by atoms with van der Waals surface area (Å²) in [7, 11) is 2.17. The monoisotopic (exact) mass is 436 g/mol. The summed E-state index contributed by atoms with van der Waals surface area (Å²) >= 11 is 0. The summed E-state index contributed by atoms with van der Waals surface area (Å²) in [4.78, 5) is 20.0. The SMILES string of the molecule is CN1CCN(c2cccc3c2C[C@H](NC(=O)c2ccc(N4CCOCC4)cc2)CO3)CC1. The Kier molecular flexibility index (Phi) is 6.19. The zero-order valence-corrected chi connectivity index (χ0v) is 18.8. The molecule has 0 radical (unpaired) electrons. The van der Waals surface area contributed by atoms with E-state index in [2.05, 4.69) is 39.2 Å². The first-order chi connectivity index (χ1) is 15.7. The van der Waals surface area contributed by atoms with Crippen LogP contribution in [0.4, 0.5) is 11.4 Å². The molecular formula is C25H32N4O3. The van der Waals surface area contributed by atoms with Gasteiger partial charge in [0.2, 0.25) is 0 Å². The molecule has 7 nitrogen and oxygen atoms in total. The predicted molar refractivity (Wildman–Crippen MR) is 126 cm³/mol. The molecular weight excluding hydrogens is 404 g/mol. The Hall–Kier alpha value is -2.77. The summed E-state index contributed by atoms with van der Waals surface area (Å²) in [5.74, 6) is 0.898. The van der Waals surface area contributed by atoms with Gasteiger partial charge in [-0.05, 0) is 43.4 Å². The molecule has 2 aromatic carbocycles. The van der Waals surface area contributed by atoms with Gasteiger partial charge in [-0.3, -0.25) is 4.79 Å². The van der Waals surface area contributed by atoms with Gasteiger partial charge in [0.15, 0.2) is 0 Å². The number of nitrogens with one attached hydrogen (secondary N) is 1. The Morgan fingerprint density at radius 2 is 1.69 bits per heavy atom. The fourth-order valence-electron chi connectivity index (χ4n) is 4.74. The van der Waals surface area contributed by atoms with Crippen LogP contribution in [-0.2, 0) is 11.2 Å². The van der Waals surface area contributed by atoms with Gasteiger partial charge in [-0.25, -0.2) is 0 Å². The second-order valence-electron chi connectivity index (χ2n) is 8.88. The van der Waals surface area contributed by atoms with E-state index in [1.807, 2.05) is 30.3 Å². The number of piperazine rings is 1. The molecule has 2 saturated heterocycles. The van der Waals surface area contributed by atoms with Crippen LogP contribution in [0.1, 0.15) is 15.9 Å². The number of benzene rings is 2. The highest BCUT2D eigenvalue weighted by atomic mass is 16.5. The van der Waals surface area contributed by atoms with Gasteiger partial charge in [0.05, 0.1) is 19.3 Å². The summed E-state index contributed by atoms with van der Waals surface area (Å²) in [6.45, 7) is 7.93. The van der Waals surface area contributed by atoms with Crippen molar-refractivity contribution in [2.24, 2.45) is 0 Å². The lowest BCUT2D eigenvalue weighted by Gasteiger charge is -2.37. The molecule has 0 aliphatic carbocycles. The molecule has 3 aliphatic heterocycles. The minimum atomic E-state index is -0.0485. The normalized spacial score (nSPS) is 21.6. The maximum absolute atomic E-state index is 12.9. The van der Waals surface area contributed by atoms with Gasteiger partial charge in [-0.15, -0.1) is 0 Å². The zero-order chi connectivity index (χ0) is 21.9. The van der Waals surface area contributed by atoms with Crippen molar-refractivity contribution in [1.82, 2.24) is 10.2 Å². The molecule has 3 heterocycles. The summed E-state index contributed by atoms with van der Waals surface area (Å²) in [6.07, 6.45) is 0.787. The number of rotatable bonds is 4. The van der Waals surface area contributed by atoms with Crippen LogP contribution >= 0.6 is 0 Å². The summed E-state index contributed by atoms with van der Waals surface area (Å²) in [6, 6.07) is 14.1. The van der Waals surface area contributed by atoms with Crippen LogP contribution in [0.15, 0.2) is 42.5 Å². The van der Waals surface area contributed by atoms with E-state index in [9.17, 15) is 4.79 Å². The topological polar surface area (TPSA) is 57.3 Å². The van der Waals surface area contributed by atoms with Gasteiger partial charge in [-0.1, -0.05) is 6.07 Å². The first kappa shape index (κ1) is 21.1. The van der Waals surface area contributed by atoms with Crippen molar-refractivity contribution in [3.63, 3.8) is 0 Å². The molecule has 7 heteroatoms. The van der Waals surface area contributed by atoms with E-state index < -0.39 is 0 Å². The third-order valence-electron chi connectivity index (χ3n) is 6.68. The van der Waals surface area contributed by atoms with Crippen molar-refractivity contribution in [2.75, 3.05) is 75.9 Å². The van der Waals surface area contributed by atoms with Crippen molar-refractivity contribution in [3.05, 3.63) is 53.6 Å². The molecule has 3 aliphatic rings. The lowest BCUT2D eigenvalue weighted by atomic mass is 9.99. The Balaban J connectivity index is 1.24. The molecule has 1 atom stereocenters. The van der Waals surface area contributed by atoms with Crippen LogP contribution in [0.5, 0.6) is 5.75 Å². The number of ether oxygens (including phenoxy) is 2. The van der Waals surface area contributed by atoms with Crippen molar-refractivity contribution in [1.29, 1.82) is 0 Å². The molecule has 5 rings (SSSR count). The van der Waals surface area contributed by atoms with Crippen LogP contribution in [0.2, 0.25) is 0 Å². The Morgan fingerprint density at radius 1 is 0.938 bits per heavy atom. The van der Waals surface area contributed by atoms with E-state index in [-0.39, 0.29) is 11.9 Å². The quantitative estimate of drug-likeness (QED) is 0.792. The van der Waals surface area contributed by atoms with E-state index in [0.717, 1.165) is 70.3 Å². The molecule has 0 saturated carbocycles. The first-order valence-corrected chi connectivity index (χ1v) is 11.6. The number of hydrogen-bond donors (Lipinski definition) is 1. The maximum Gasteiger partial charge on any atom is 0.251 e. The Bertz CT molecular complexity index is 935. The van der Waals surface area contributed by atoms with E-state index >= 15 is 0 Å². The number of carbonyl (C=O) groups excluding carboxylic acids is 1. The highest BCUT2D eigenvalue weighted by Crippen LogP contribution is 2.34. The van der Waals surface area contributed by atoms with Crippen molar-refractivity contribution in [2.45, 2.75) is 12.5 Å². The smallest absolute Gasteiger partial charge is 0.251 e. The molecule has 0 unspecified atom stereocenters. The number of amides is 1. The highest BCUT2D eigenvalue weighted by Gasteiger charge is 2.27. The molecule has 1 N–H and O–H groups in total. The average molecular weight is 437 g/mol. The van der Waals surface area contributed by atoms with Crippen molar-refractivity contribution in [3.8, 4) is 5.75 Å². The van der Waals surface area contributed by atoms with Gasteiger partial charge < -0.3 is 29.5 Å². The second-order valence-corrected chi connectivity index (χ2v) is 8.88. The largest absolute Gasteiger partial charge is 0.491 e. The predicted octanol–water partition coefficient (Wildman–Crippen LogP) is 2.01. The molecule has 1 amide bonds. The third kappa shape index (κ3) is 4.54. The van der Waals surface area contributed by atoms with E-state index in [1.165, 1.54) is 11.3 Å². The van der Waals surface area contributed by atoms with E-state index in [0.29, 0.717) is 12.2 Å². The van der Waals surface area contributed by atoms with Crippen molar-refractivity contribution >= 4 is 17.3 Å². The highest BCUT2D eigenvalue weighted by molar-refractivity contribution is 5.94. The average Bonchev–Trinajstić information content (AvgIpc) is 2.85. The third-order valence-corrected chi connectivity index (χ3v) is 6.68. The number of nitrogens with zero attached hydrogens (tertiary/aromatic N) is 3. The molecule has 0 bridgehead atoms. The first-order valence-electron chi connectivity index (χ1n) is 11.6. The molecule has 32 heavy (non-hydrogen) atoms. The number of fused-ring (bicyclic) bond motifs is 1. The Labute approximate surface area is 189 Å². The minimum absolute atomic E-state index is 0.0393. The standard InChI is InChI=1S/C25H32N4O3/c1-27-9-11-29(12-10-27)23-3-2-4-24-22(23)17-20(18-32-24)26-25(30)19-5-7-21(8-6-19)28-13-15-31-16-14-28/h2-8,20H,9-18H2,1H3,(H,26,30)/t20-/m0/s1. The van der Waals surface area contributed by atoms with Crippen LogP contribution in [0.3, 0.4) is 0 Å². The van der Waals surface area contributed by atoms with Crippen molar-refractivity contribution < 1.29 is 14.3 Å².